The van der Waals surface area contributed by atoms with Crippen molar-refractivity contribution >= 4 is 29.0 Å². The molecule has 9 nitrogen and oxygen atoms in total. The summed E-state index contributed by atoms with van der Waals surface area (Å²) in [6.45, 7) is 2.11. The van der Waals surface area contributed by atoms with Gasteiger partial charge in [-0.25, -0.2) is 4.99 Å². The van der Waals surface area contributed by atoms with Crippen LogP contribution in [-0.4, -0.2) is 46.7 Å². The molecule has 36 heavy (non-hydrogen) atoms. The lowest BCUT2D eigenvalue weighted by Gasteiger charge is -2.39. The van der Waals surface area contributed by atoms with Crippen LogP contribution in [0, 0.1) is 10.1 Å². The van der Waals surface area contributed by atoms with Crippen LogP contribution < -0.4 is 10.6 Å². The highest BCUT2D eigenvalue weighted by Crippen LogP contribution is 2.51. The highest BCUT2D eigenvalue weighted by atomic mass is 16.6. The van der Waals surface area contributed by atoms with Crippen LogP contribution in [0.1, 0.15) is 36.5 Å². The van der Waals surface area contributed by atoms with Gasteiger partial charge in [-0.2, -0.15) is 0 Å². The number of aryl methyl sites for hydroxylation is 1. The Morgan fingerprint density at radius 3 is 2.58 bits per heavy atom. The maximum atomic E-state index is 13.9. The highest BCUT2D eigenvalue weighted by molar-refractivity contribution is 6.08. The molecule has 1 aliphatic carbocycles. The fourth-order valence-corrected chi connectivity index (χ4v) is 5.60. The van der Waals surface area contributed by atoms with Crippen molar-refractivity contribution in [2.45, 2.75) is 37.3 Å². The molecule has 0 aromatic heterocycles. The molecule has 2 N–H and O–H groups in total. The highest BCUT2D eigenvalue weighted by Gasteiger charge is 2.69. The fraction of sp³-hybridized carbons (Fsp3) is 0.296. The molecular formula is C27H27N5O4. The number of hydrogen-bond acceptors (Lipinski definition) is 6. The Morgan fingerprint density at radius 2 is 1.94 bits per heavy atom. The topological polar surface area (TPSA) is 122 Å². The first-order chi connectivity index (χ1) is 17.2. The lowest BCUT2D eigenvalue weighted by atomic mass is 9.66. The lowest BCUT2D eigenvalue weighted by molar-refractivity contribution is -0.564. The molecule has 0 spiro atoms. The Kier molecular flexibility index (Phi) is 5.50. The Labute approximate surface area is 208 Å². The van der Waals surface area contributed by atoms with Crippen molar-refractivity contribution in [3.05, 3.63) is 93.6 Å². The van der Waals surface area contributed by atoms with E-state index in [1.54, 1.807) is 29.2 Å². The number of benzene rings is 2. The molecule has 2 aromatic rings. The van der Waals surface area contributed by atoms with Gasteiger partial charge in [0.15, 0.2) is 5.96 Å². The van der Waals surface area contributed by atoms with Gasteiger partial charge >= 0.3 is 0 Å². The first-order valence-corrected chi connectivity index (χ1v) is 11.8. The number of anilines is 1. The van der Waals surface area contributed by atoms with Gasteiger partial charge in [0.1, 0.15) is 0 Å². The molecule has 2 heterocycles. The number of amides is 2. The van der Waals surface area contributed by atoms with Crippen LogP contribution in [0.2, 0.25) is 0 Å². The first kappa shape index (κ1) is 23.5. The van der Waals surface area contributed by atoms with E-state index in [4.69, 9.17) is 5.73 Å². The second-order valence-corrected chi connectivity index (χ2v) is 9.44. The molecule has 184 valence electrons. The SMILES string of the molecule is CC(=O)N1CCCc2cc(C3(C4([N+](=O)[O-])C=CC=C(c5ccccc5)C4)N=C(N)N(C)C3=O)ccc21. The standard InChI is InChI=1S/C27H27N5O4/c1-18(33)31-15-7-11-20-16-22(12-13-23(20)31)27(24(34)30(2)25(28)29-27)26(32(35)36)14-6-10-21(17-26)19-8-4-3-5-9-19/h3-6,8-10,12-14,16H,7,11,15,17H2,1-2H3,(H2,28,29). The van der Waals surface area contributed by atoms with E-state index in [9.17, 15) is 19.7 Å². The number of fused-ring (bicyclic) bond motifs is 1. The van der Waals surface area contributed by atoms with Crippen LogP contribution in [0.4, 0.5) is 5.69 Å². The van der Waals surface area contributed by atoms with Crippen LogP contribution in [0.25, 0.3) is 5.57 Å². The van der Waals surface area contributed by atoms with Gasteiger partial charge in [-0.05, 0) is 47.2 Å². The van der Waals surface area contributed by atoms with Crippen LogP contribution in [0.15, 0.2) is 71.8 Å². The normalized spacial score (nSPS) is 25.3. The molecule has 2 aliphatic heterocycles. The van der Waals surface area contributed by atoms with Crippen LogP contribution in [0.3, 0.4) is 0 Å². The zero-order valence-electron chi connectivity index (χ0n) is 20.2. The summed E-state index contributed by atoms with van der Waals surface area (Å²) in [5.74, 6) is -0.713. The number of hydrogen-bond donors (Lipinski definition) is 1. The van der Waals surface area contributed by atoms with Gasteiger partial charge in [0.05, 0.1) is 6.42 Å². The van der Waals surface area contributed by atoms with E-state index in [0.717, 1.165) is 28.8 Å². The largest absolute Gasteiger partial charge is 0.369 e. The van der Waals surface area contributed by atoms with Gasteiger partial charge in [-0.15, -0.1) is 0 Å². The van der Waals surface area contributed by atoms with Crippen molar-refractivity contribution in [1.29, 1.82) is 0 Å². The van der Waals surface area contributed by atoms with Crippen molar-refractivity contribution in [3.63, 3.8) is 0 Å². The van der Waals surface area contributed by atoms with Crippen molar-refractivity contribution in [1.82, 2.24) is 4.90 Å². The summed E-state index contributed by atoms with van der Waals surface area (Å²) in [7, 11) is 1.48. The fourth-order valence-electron chi connectivity index (χ4n) is 5.60. The van der Waals surface area contributed by atoms with Crippen LogP contribution >= 0.6 is 0 Å². The summed E-state index contributed by atoms with van der Waals surface area (Å²) in [5, 5.41) is 13.0. The molecule has 0 radical (unpaired) electrons. The van der Waals surface area contributed by atoms with E-state index < -0.39 is 21.9 Å². The third kappa shape index (κ3) is 3.26. The number of nitro groups is 1. The summed E-state index contributed by atoms with van der Waals surface area (Å²) in [6, 6.07) is 14.6. The number of rotatable bonds is 4. The number of likely N-dealkylation sites (N-methyl/N-ethyl adjacent to an activating group) is 1. The third-order valence-corrected chi connectivity index (χ3v) is 7.46. The summed E-state index contributed by atoms with van der Waals surface area (Å²) in [5.41, 5.74) is 5.86. The summed E-state index contributed by atoms with van der Waals surface area (Å²) >= 11 is 0. The number of nitrogens with two attached hydrogens (primary N) is 1. The van der Waals surface area contributed by atoms with E-state index in [0.29, 0.717) is 18.5 Å². The van der Waals surface area contributed by atoms with Crippen molar-refractivity contribution in [3.8, 4) is 0 Å². The molecule has 0 bridgehead atoms. The van der Waals surface area contributed by atoms with E-state index >= 15 is 0 Å². The Morgan fingerprint density at radius 1 is 1.19 bits per heavy atom. The van der Waals surface area contributed by atoms with Gasteiger partial charge in [0.25, 0.3) is 11.4 Å². The third-order valence-electron chi connectivity index (χ3n) is 7.46. The molecule has 9 heteroatoms. The van der Waals surface area contributed by atoms with Crippen molar-refractivity contribution in [2.75, 3.05) is 18.5 Å². The second-order valence-electron chi connectivity index (χ2n) is 9.44. The predicted octanol–water partition coefficient (Wildman–Crippen LogP) is 3.03. The van der Waals surface area contributed by atoms with Gasteiger partial charge in [-0.3, -0.25) is 24.6 Å². The Hall–Kier alpha value is -4.27. The average molecular weight is 486 g/mol. The maximum Gasteiger partial charge on any atom is 0.282 e. The van der Waals surface area contributed by atoms with E-state index in [1.165, 1.54) is 24.9 Å². The number of aliphatic imine (C=N–C) groups is 1. The van der Waals surface area contributed by atoms with Crippen molar-refractivity contribution in [2.24, 2.45) is 10.7 Å². The molecular weight excluding hydrogens is 458 g/mol. The van der Waals surface area contributed by atoms with Crippen LogP contribution in [-0.2, 0) is 21.5 Å². The molecule has 2 unspecified atom stereocenters. The van der Waals surface area contributed by atoms with E-state index in [-0.39, 0.29) is 18.3 Å². The molecule has 2 aromatic carbocycles. The lowest BCUT2D eigenvalue weighted by Crippen LogP contribution is -2.60. The monoisotopic (exact) mass is 485 g/mol. The van der Waals surface area contributed by atoms with E-state index in [1.807, 2.05) is 36.4 Å². The second kappa shape index (κ2) is 8.44. The molecule has 2 amide bonds. The quantitative estimate of drug-likeness (QED) is 0.527. The Bertz CT molecular complexity index is 1370. The van der Waals surface area contributed by atoms with Crippen LogP contribution in [0.5, 0.6) is 0 Å². The maximum absolute atomic E-state index is 13.9. The van der Waals surface area contributed by atoms with Crippen molar-refractivity contribution < 1.29 is 14.5 Å². The number of carbonyl (C=O) groups excluding carboxylic acids is 2. The number of allylic oxidation sites excluding steroid dienone is 2. The van der Waals surface area contributed by atoms with Gasteiger partial charge < -0.3 is 10.6 Å². The minimum absolute atomic E-state index is 0.0481. The molecule has 0 saturated heterocycles. The zero-order valence-corrected chi connectivity index (χ0v) is 20.2. The zero-order chi connectivity index (χ0) is 25.7. The average Bonchev–Trinajstić information content (AvgIpc) is 3.13. The summed E-state index contributed by atoms with van der Waals surface area (Å²) in [4.78, 5) is 46.2. The minimum Gasteiger partial charge on any atom is -0.369 e. The summed E-state index contributed by atoms with van der Waals surface area (Å²) in [6.07, 6.45) is 6.32. The van der Waals surface area contributed by atoms with E-state index in [2.05, 4.69) is 4.99 Å². The molecule has 0 fully saturated rings. The number of nitrogens with zero attached hydrogens (tertiary/aromatic N) is 4. The molecule has 0 saturated carbocycles. The Balaban J connectivity index is 1.72. The first-order valence-electron chi connectivity index (χ1n) is 11.8. The number of carbonyl (C=O) groups is 2. The van der Waals surface area contributed by atoms with Gasteiger partial charge in [0, 0.05) is 31.1 Å². The number of guanidine groups is 1. The minimum atomic E-state index is -1.91. The smallest absolute Gasteiger partial charge is 0.282 e. The van der Waals surface area contributed by atoms with Gasteiger partial charge in [-0.1, -0.05) is 54.6 Å². The molecule has 3 aliphatic rings. The van der Waals surface area contributed by atoms with Gasteiger partial charge in [0.2, 0.25) is 11.4 Å². The predicted molar refractivity (Wildman–Crippen MR) is 137 cm³/mol. The molecule has 2 atom stereocenters. The molecule has 5 rings (SSSR count). The summed E-state index contributed by atoms with van der Waals surface area (Å²) < 4.78 is 0.